The van der Waals surface area contributed by atoms with Gasteiger partial charge < -0.3 is 4.74 Å². The second-order valence-corrected chi connectivity index (χ2v) is 10.3. The van der Waals surface area contributed by atoms with E-state index in [1.54, 1.807) is 13.0 Å². The van der Waals surface area contributed by atoms with E-state index in [-0.39, 0.29) is 10.9 Å². The molecule has 1 amide bonds. The van der Waals surface area contributed by atoms with Gasteiger partial charge in [-0.2, -0.15) is 0 Å². The van der Waals surface area contributed by atoms with Crippen molar-refractivity contribution in [3.8, 4) is 0 Å². The van der Waals surface area contributed by atoms with Gasteiger partial charge in [-0.05, 0) is 38.0 Å². The number of hydrogen-bond donors (Lipinski definition) is 1. The zero-order valence-corrected chi connectivity index (χ0v) is 19.1. The number of esters is 1. The number of carbonyl (C=O) groups is 2. The molecule has 1 aromatic carbocycles. The van der Waals surface area contributed by atoms with E-state index in [9.17, 15) is 18.0 Å². The van der Waals surface area contributed by atoms with Gasteiger partial charge >= 0.3 is 5.97 Å². The van der Waals surface area contributed by atoms with Crippen molar-refractivity contribution >= 4 is 55.8 Å². The Balaban J connectivity index is 2.19. The van der Waals surface area contributed by atoms with Crippen LogP contribution in [0.4, 0.5) is 10.8 Å². The van der Waals surface area contributed by atoms with E-state index in [4.69, 9.17) is 0 Å². The molecule has 1 heterocycles. The number of aromatic nitrogens is 2. The maximum atomic E-state index is 12.7. The number of aryl methyl sites for hydroxylation is 2. The van der Waals surface area contributed by atoms with Gasteiger partial charge in [0, 0.05) is 0 Å². The van der Waals surface area contributed by atoms with Crippen molar-refractivity contribution in [2.75, 3.05) is 28.7 Å². The van der Waals surface area contributed by atoms with Crippen molar-refractivity contribution < 1.29 is 22.7 Å². The first-order chi connectivity index (χ1) is 13.5. The summed E-state index contributed by atoms with van der Waals surface area (Å²) in [5.74, 6) is -0.872. The molecule has 29 heavy (non-hydrogen) atoms. The van der Waals surface area contributed by atoms with Gasteiger partial charge in [0.2, 0.25) is 21.1 Å². The number of ether oxygens (including phenoxy) is 1. The van der Waals surface area contributed by atoms with Crippen LogP contribution in [0.5, 0.6) is 0 Å². The van der Waals surface area contributed by atoms with Crippen molar-refractivity contribution in [1.82, 2.24) is 10.2 Å². The predicted octanol–water partition coefficient (Wildman–Crippen LogP) is 2.21. The summed E-state index contributed by atoms with van der Waals surface area (Å²) in [6, 6.07) is 4.40. The zero-order valence-electron chi connectivity index (χ0n) is 16.6. The highest BCUT2D eigenvalue weighted by molar-refractivity contribution is 8.01. The second-order valence-electron chi connectivity index (χ2n) is 6.25. The summed E-state index contributed by atoms with van der Waals surface area (Å²) < 4.78 is 31.0. The van der Waals surface area contributed by atoms with Gasteiger partial charge in [0.25, 0.3) is 0 Å². The molecule has 0 aliphatic heterocycles. The summed E-state index contributed by atoms with van der Waals surface area (Å²) in [6.45, 7) is 5.14. The van der Waals surface area contributed by atoms with Crippen LogP contribution >= 0.6 is 23.1 Å². The summed E-state index contributed by atoms with van der Waals surface area (Å²) in [5.41, 5.74) is 2.06. The minimum absolute atomic E-state index is 0.0734. The molecule has 0 unspecified atom stereocenters. The van der Waals surface area contributed by atoms with Crippen LogP contribution in [0.1, 0.15) is 18.1 Å². The fourth-order valence-electron chi connectivity index (χ4n) is 2.45. The number of thioether (sulfide) groups is 1. The molecule has 0 aliphatic rings. The average Bonchev–Trinajstić information content (AvgIpc) is 3.08. The number of hydrogen-bond acceptors (Lipinski definition) is 9. The van der Waals surface area contributed by atoms with Crippen molar-refractivity contribution in [1.29, 1.82) is 0 Å². The lowest BCUT2D eigenvalue weighted by molar-refractivity contribution is -0.137. The van der Waals surface area contributed by atoms with Gasteiger partial charge in [-0.1, -0.05) is 35.2 Å². The number of sulfonamides is 1. The fraction of sp³-hybridized carbons (Fsp3) is 0.412. The van der Waals surface area contributed by atoms with Crippen LogP contribution in [0, 0.1) is 13.8 Å². The molecular weight excluding hydrogens is 436 g/mol. The lowest BCUT2D eigenvalue weighted by atomic mass is 10.1. The van der Waals surface area contributed by atoms with Gasteiger partial charge in [-0.3, -0.25) is 19.2 Å². The van der Waals surface area contributed by atoms with Crippen LogP contribution in [0.3, 0.4) is 0 Å². The van der Waals surface area contributed by atoms with Crippen molar-refractivity contribution in [2.24, 2.45) is 0 Å². The minimum atomic E-state index is -3.73. The molecular formula is C17H22N4O5S3. The van der Waals surface area contributed by atoms with Crippen LogP contribution in [0.2, 0.25) is 0 Å². The number of anilines is 2. The lowest BCUT2D eigenvalue weighted by Gasteiger charge is -2.29. The third-order valence-corrected chi connectivity index (χ3v) is 7.04. The zero-order chi connectivity index (χ0) is 21.8. The Hall–Kier alpha value is -2.18. The molecule has 1 aromatic heterocycles. The maximum absolute atomic E-state index is 12.7. The first kappa shape index (κ1) is 23.1. The van der Waals surface area contributed by atoms with Gasteiger partial charge in [0.05, 0.1) is 24.8 Å². The highest BCUT2D eigenvalue weighted by Crippen LogP contribution is 2.28. The molecule has 1 atom stereocenters. The fourth-order valence-corrected chi connectivity index (χ4v) is 5.26. The van der Waals surface area contributed by atoms with E-state index < -0.39 is 27.9 Å². The van der Waals surface area contributed by atoms with Crippen LogP contribution in [0.15, 0.2) is 22.5 Å². The summed E-state index contributed by atoms with van der Waals surface area (Å²) >= 11 is 2.22. The highest BCUT2D eigenvalue weighted by atomic mass is 32.2. The van der Waals surface area contributed by atoms with E-state index in [0.717, 1.165) is 44.8 Å². The van der Waals surface area contributed by atoms with Gasteiger partial charge in [-0.15, -0.1) is 10.2 Å². The van der Waals surface area contributed by atoms with Crippen molar-refractivity contribution in [2.45, 2.75) is 31.2 Å². The second kappa shape index (κ2) is 9.55. The molecule has 0 spiro atoms. The van der Waals surface area contributed by atoms with Crippen molar-refractivity contribution in [3.63, 3.8) is 0 Å². The molecule has 2 aromatic rings. The number of nitrogens with one attached hydrogen (secondary N) is 1. The summed E-state index contributed by atoms with van der Waals surface area (Å²) in [6.07, 6.45) is 1.06. The number of rotatable bonds is 8. The largest absolute Gasteiger partial charge is 0.468 e. The molecule has 0 saturated heterocycles. The molecule has 2 rings (SSSR count). The van der Waals surface area contributed by atoms with E-state index >= 15 is 0 Å². The Morgan fingerprint density at radius 3 is 2.62 bits per heavy atom. The monoisotopic (exact) mass is 458 g/mol. The van der Waals surface area contributed by atoms with Crippen molar-refractivity contribution in [3.05, 3.63) is 29.3 Å². The van der Waals surface area contributed by atoms with Crippen LogP contribution in [-0.4, -0.2) is 55.7 Å². The number of carbonyl (C=O) groups excluding carboxylic acids is 2. The van der Waals surface area contributed by atoms with Gasteiger partial charge in [0.1, 0.15) is 6.04 Å². The Morgan fingerprint density at radius 2 is 2.00 bits per heavy atom. The predicted molar refractivity (Wildman–Crippen MR) is 114 cm³/mol. The van der Waals surface area contributed by atoms with E-state index in [1.807, 2.05) is 19.1 Å². The molecule has 0 fully saturated rings. The first-order valence-corrected chi connectivity index (χ1v) is 12.1. The molecule has 0 radical (unpaired) electrons. The maximum Gasteiger partial charge on any atom is 0.316 e. The van der Waals surface area contributed by atoms with Gasteiger partial charge in [0.15, 0.2) is 4.34 Å². The molecule has 0 bridgehead atoms. The number of methoxy groups -OCH3 is 1. The molecule has 0 aliphatic carbocycles. The average molecular weight is 459 g/mol. The topological polar surface area (TPSA) is 119 Å². The Morgan fingerprint density at radius 1 is 1.31 bits per heavy atom. The first-order valence-electron chi connectivity index (χ1n) is 8.43. The molecule has 158 valence electrons. The highest BCUT2D eigenvalue weighted by Gasteiger charge is 2.30. The van der Waals surface area contributed by atoms with E-state index in [1.165, 1.54) is 14.0 Å². The summed E-state index contributed by atoms with van der Waals surface area (Å²) in [5, 5.41) is 10.6. The third-order valence-electron chi connectivity index (χ3n) is 3.87. The van der Waals surface area contributed by atoms with Crippen LogP contribution < -0.4 is 9.62 Å². The molecule has 1 N–H and O–H groups in total. The van der Waals surface area contributed by atoms with E-state index in [2.05, 4.69) is 20.3 Å². The summed E-state index contributed by atoms with van der Waals surface area (Å²) in [7, 11) is -2.43. The Kier molecular flexibility index (Phi) is 7.60. The minimum Gasteiger partial charge on any atom is -0.468 e. The standard InChI is InChI=1S/C17H22N4O5S3/c1-10-6-7-11(2)13(8-10)21(29(5,24)25)12(3)15(23)18-16-19-20-17(28-16)27-9-14(22)26-4/h6-8,12H,9H2,1-5H3,(H,18,19,23)/t12-/m1/s1. The summed E-state index contributed by atoms with van der Waals surface area (Å²) in [4.78, 5) is 23.9. The SMILES string of the molecule is COC(=O)CSc1nnc(NC(=O)[C@@H](C)N(c2cc(C)ccc2C)S(C)(=O)=O)s1. The number of nitrogens with zero attached hydrogens (tertiary/aromatic N) is 3. The molecule has 0 saturated carbocycles. The number of benzene rings is 1. The van der Waals surface area contributed by atoms with Crippen LogP contribution in [-0.2, 0) is 24.3 Å². The Labute approximate surface area is 177 Å². The van der Waals surface area contributed by atoms with E-state index in [0.29, 0.717) is 10.0 Å². The third kappa shape index (κ3) is 6.15. The Bertz CT molecular complexity index is 1010. The molecule has 9 nitrogen and oxygen atoms in total. The van der Waals surface area contributed by atoms with Crippen LogP contribution in [0.25, 0.3) is 0 Å². The normalized spacial score (nSPS) is 12.3. The smallest absolute Gasteiger partial charge is 0.316 e. The lowest BCUT2D eigenvalue weighted by Crippen LogP contribution is -2.45. The number of amides is 1. The van der Waals surface area contributed by atoms with Gasteiger partial charge in [-0.25, -0.2) is 8.42 Å². The molecule has 12 heteroatoms. The quantitative estimate of drug-likeness (QED) is 0.363.